The maximum Gasteiger partial charge on any atom is 0.253 e. The molecule has 0 spiro atoms. The first-order valence-corrected chi connectivity index (χ1v) is 5.73. The van der Waals surface area contributed by atoms with Gasteiger partial charge in [0, 0.05) is 24.5 Å². The Morgan fingerprint density at radius 3 is 2.53 bits per heavy atom. The molecule has 0 unspecified atom stereocenters. The molecule has 0 N–H and O–H groups in total. The monoisotopic (exact) mass is 225 g/mol. The zero-order valence-electron chi connectivity index (χ0n) is 8.95. The van der Waals surface area contributed by atoms with Crippen molar-refractivity contribution < 1.29 is 4.79 Å². The summed E-state index contributed by atoms with van der Waals surface area (Å²) in [6.45, 7) is 3.44. The van der Waals surface area contributed by atoms with Gasteiger partial charge in [0.25, 0.3) is 5.91 Å². The summed E-state index contributed by atoms with van der Waals surface area (Å²) in [5, 5.41) is 0. The third-order valence-corrected chi connectivity index (χ3v) is 2.52. The van der Waals surface area contributed by atoms with E-state index >= 15 is 0 Å². The predicted octanol–water partition coefficient (Wildman–Crippen LogP) is 2.78. The number of carbonyl (C=O) groups excluding carboxylic acids is 1. The molecular formula is C12H16ClNO. The highest BCUT2D eigenvalue weighted by Gasteiger charge is 2.12. The molecule has 0 radical (unpaired) electrons. The van der Waals surface area contributed by atoms with Gasteiger partial charge in [-0.15, -0.1) is 11.6 Å². The molecule has 1 aromatic carbocycles. The fourth-order valence-corrected chi connectivity index (χ4v) is 1.54. The summed E-state index contributed by atoms with van der Waals surface area (Å²) >= 11 is 5.62. The SMILES string of the molecule is CCN(CCCCl)C(=O)c1ccccc1. The van der Waals surface area contributed by atoms with Gasteiger partial charge in [0.2, 0.25) is 0 Å². The first kappa shape index (κ1) is 12.1. The van der Waals surface area contributed by atoms with Crippen LogP contribution in [0.3, 0.4) is 0 Å². The van der Waals surface area contributed by atoms with Gasteiger partial charge in [0.15, 0.2) is 0 Å². The van der Waals surface area contributed by atoms with Crippen molar-refractivity contribution >= 4 is 17.5 Å². The fourth-order valence-electron chi connectivity index (χ4n) is 1.42. The average Bonchev–Trinajstić information content (AvgIpc) is 2.31. The molecule has 1 aromatic rings. The lowest BCUT2D eigenvalue weighted by Gasteiger charge is -2.20. The molecule has 1 rings (SSSR count). The standard InChI is InChI=1S/C12H16ClNO/c1-2-14(10-6-9-13)12(15)11-7-4-3-5-8-11/h3-5,7-8H,2,6,9-10H2,1H3. The molecule has 3 heteroatoms. The minimum atomic E-state index is 0.0863. The molecule has 0 aromatic heterocycles. The van der Waals surface area contributed by atoms with E-state index in [2.05, 4.69) is 0 Å². The molecule has 0 fully saturated rings. The normalized spacial score (nSPS) is 10.0. The van der Waals surface area contributed by atoms with Crippen LogP contribution in [0.4, 0.5) is 0 Å². The second kappa shape index (κ2) is 6.46. The summed E-state index contributed by atoms with van der Waals surface area (Å²) in [5.74, 6) is 0.682. The van der Waals surface area contributed by atoms with Crippen LogP contribution in [-0.2, 0) is 0 Å². The number of nitrogens with zero attached hydrogens (tertiary/aromatic N) is 1. The Morgan fingerprint density at radius 1 is 1.33 bits per heavy atom. The first-order chi connectivity index (χ1) is 7.29. The van der Waals surface area contributed by atoms with Crippen molar-refractivity contribution in [2.75, 3.05) is 19.0 Å². The van der Waals surface area contributed by atoms with E-state index in [0.29, 0.717) is 5.88 Å². The van der Waals surface area contributed by atoms with E-state index in [1.807, 2.05) is 42.2 Å². The zero-order valence-corrected chi connectivity index (χ0v) is 9.70. The molecule has 0 saturated carbocycles. The third-order valence-electron chi connectivity index (χ3n) is 2.25. The summed E-state index contributed by atoms with van der Waals surface area (Å²) in [5.41, 5.74) is 0.744. The molecule has 15 heavy (non-hydrogen) atoms. The minimum absolute atomic E-state index is 0.0863. The fraction of sp³-hybridized carbons (Fsp3) is 0.417. The highest BCUT2D eigenvalue weighted by molar-refractivity contribution is 6.17. The average molecular weight is 226 g/mol. The molecular weight excluding hydrogens is 210 g/mol. The van der Waals surface area contributed by atoms with E-state index < -0.39 is 0 Å². The van der Waals surface area contributed by atoms with E-state index in [4.69, 9.17) is 11.6 Å². The zero-order chi connectivity index (χ0) is 11.1. The lowest BCUT2D eigenvalue weighted by atomic mass is 10.2. The summed E-state index contributed by atoms with van der Waals surface area (Å²) < 4.78 is 0. The smallest absolute Gasteiger partial charge is 0.253 e. The molecule has 0 aliphatic rings. The summed E-state index contributed by atoms with van der Waals surface area (Å²) in [6, 6.07) is 9.34. The maximum absolute atomic E-state index is 12.0. The Bertz CT molecular complexity index is 300. The van der Waals surface area contributed by atoms with Gasteiger partial charge in [-0.1, -0.05) is 18.2 Å². The van der Waals surface area contributed by atoms with Crippen LogP contribution in [0.5, 0.6) is 0 Å². The van der Waals surface area contributed by atoms with Crippen molar-refractivity contribution in [3.63, 3.8) is 0 Å². The van der Waals surface area contributed by atoms with Crippen LogP contribution in [0.2, 0.25) is 0 Å². The second-order valence-electron chi connectivity index (χ2n) is 3.29. The molecule has 82 valence electrons. The summed E-state index contributed by atoms with van der Waals surface area (Å²) in [6.07, 6.45) is 0.841. The van der Waals surface area contributed by atoms with Crippen molar-refractivity contribution in [2.24, 2.45) is 0 Å². The summed E-state index contributed by atoms with van der Waals surface area (Å²) in [7, 11) is 0. The van der Waals surface area contributed by atoms with Crippen molar-refractivity contribution in [2.45, 2.75) is 13.3 Å². The topological polar surface area (TPSA) is 20.3 Å². The molecule has 0 bridgehead atoms. The second-order valence-corrected chi connectivity index (χ2v) is 3.67. The molecule has 0 heterocycles. The van der Waals surface area contributed by atoms with Crippen molar-refractivity contribution in [1.82, 2.24) is 4.90 Å². The van der Waals surface area contributed by atoms with Crippen molar-refractivity contribution in [3.05, 3.63) is 35.9 Å². The molecule has 0 aliphatic heterocycles. The van der Waals surface area contributed by atoms with Gasteiger partial charge in [-0.3, -0.25) is 4.79 Å². The molecule has 0 aliphatic carbocycles. The van der Waals surface area contributed by atoms with Crippen LogP contribution in [0.1, 0.15) is 23.7 Å². The van der Waals surface area contributed by atoms with Gasteiger partial charge in [-0.05, 0) is 25.5 Å². The highest BCUT2D eigenvalue weighted by Crippen LogP contribution is 2.05. The first-order valence-electron chi connectivity index (χ1n) is 5.20. The number of carbonyl (C=O) groups is 1. The van der Waals surface area contributed by atoms with Gasteiger partial charge in [-0.25, -0.2) is 0 Å². The lowest BCUT2D eigenvalue weighted by molar-refractivity contribution is 0.0765. The maximum atomic E-state index is 12.0. The molecule has 1 amide bonds. The van der Waals surface area contributed by atoms with Gasteiger partial charge in [0.05, 0.1) is 0 Å². The predicted molar refractivity (Wildman–Crippen MR) is 63.4 cm³/mol. The number of hydrogen-bond acceptors (Lipinski definition) is 1. The van der Waals surface area contributed by atoms with Crippen LogP contribution in [0.15, 0.2) is 30.3 Å². The van der Waals surface area contributed by atoms with E-state index in [1.165, 1.54) is 0 Å². The number of rotatable bonds is 5. The van der Waals surface area contributed by atoms with Gasteiger partial charge in [-0.2, -0.15) is 0 Å². The Labute approximate surface area is 95.8 Å². The Hall–Kier alpha value is -1.02. The Morgan fingerprint density at radius 2 is 2.00 bits per heavy atom. The lowest BCUT2D eigenvalue weighted by Crippen LogP contribution is -2.31. The number of alkyl halides is 1. The number of amides is 1. The summed E-state index contributed by atoms with van der Waals surface area (Å²) in [4.78, 5) is 13.8. The largest absolute Gasteiger partial charge is 0.339 e. The third kappa shape index (κ3) is 3.56. The van der Waals surface area contributed by atoms with E-state index in [-0.39, 0.29) is 5.91 Å². The Balaban J connectivity index is 2.65. The minimum Gasteiger partial charge on any atom is -0.339 e. The van der Waals surface area contributed by atoms with Gasteiger partial charge < -0.3 is 4.90 Å². The number of hydrogen-bond donors (Lipinski definition) is 0. The van der Waals surface area contributed by atoms with Crippen LogP contribution in [0.25, 0.3) is 0 Å². The van der Waals surface area contributed by atoms with Crippen LogP contribution in [-0.4, -0.2) is 29.8 Å². The van der Waals surface area contributed by atoms with Gasteiger partial charge >= 0.3 is 0 Å². The quantitative estimate of drug-likeness (QED) is 0.706. The molecule has 0 atom stereocenters. The van der Waals surface area contributed by atoms with E-state index in [9.17, 15) is 4.79 Å². The van der Waals surface area contributed by atoms with Crippen molar-refractivity contribution in [1.29, 1.82) is 0 Å². The molecule has 0 saturated heterocycles. The van der Waals surface area contributed by atoms with Crippen LogP contribution >= 0.6 is 11.6 Å². The Kier molecular flexibility index (Phi) is 5.19. The van der Waals surface area contributed by atoms with E-state index in [1.54, 1.807) is 0 Å². The van der Waals surface area contributed by atoms with Crippen LogP contribution < -0.4 is 0 Å². The highest BCUT2D eigenvalue weighted by atomic mass is 35.5. The van der Waals surface area contributed by atoms with Crippen LogP contribution in [0, 0.1) is 0 Å². The number of halogens is 1. The van der Waals surface area contributed by atoms with E-state index in [0.717, 1.165) is 25.1 Å². The van der Waals surface area contributed by atoms with Gasteiger partial charge in [0.1, 0.15) is 0 Å². The number of benzene rings is 1. The van der Waals surface area contributed by atoms with Crippen molar-refractivity contribution in [3.8, 4) is 0 Å². The molecule has 2 nitrogen and oxygen atoms in total.